The van der Waals surface area contributed by atoms with Crippen molar-refractivity contribution < 1.29 is 18.0 Å². The number of carbonyl (C=O) groups is 2. The van der Waals surface area contributed by atoms with Gasteiger partial charge in [0, 0.05) is 49.3 Å². The number of hydrogen-bond acceptors (Lipinski definition) is 5. The fourth-order valence-corrected chi connectivity index (χ4v) is 5.51. The van der Waals surface area contributed by atoms with Crippen LogP contribution in [-0.2, 0) is 17.1 Å². The Morgan fingerprint density at radius 3 is 2.30 bits per heavy atom. The molecule has 1 fully saturated rings. The van der Waals surface area contributed by atoms with Gasteiger partial charge >= 0.3 is 0 Å². The van der Waals surface area contributed by atoms with Gasteiger partial charge in [-0.25, -0.2) is 13.4 Å². The first kappa shape index (κ1) is 22.9. The number of nitrogens with one attached hydrogen (secondary N) is 1. The Kier molecular flexibility index (Phi) is 6.44. The third kappa shape index (κ3) is 4.89. The number of benzene rings is 2. The lowest BCUT2D eigenvalue weighted by molar-refractivity contribution is 0.102. The molecular formula is C24H26N4O4S. The summed E-state index contributed by atoms with van der Waals surface area (Å²) < 4.78 is 28.9. The van der Waals surface area contributed by atoms with Crippen molar-refractivity contribution in [1.29, 1.82) is 0 Å². The lowest BCUT2D eigenvalue weighted by atomic mass is 10.0. The van der Waals surface area contributed by atoms with Crippen molar-refractivity contribution in [3.63, 3.8) is 0 Å². The fourth-order valence-electron chi connectivity index (χ4n) is 3.91. The van der Waals surface area contributed by atoms with E-state index in [1.165, 1.54) is 28.6 Å². The lowest BCUT2D eigenvalue weighted by Gasteiger charge is -2.30. The number of piperidine rings is 1. The number of aromatic nitrogens is 2. The highest BCUT2D eigenvalue weighted by molar-refractivity contribution is 7.89. The molecule has 1 aliphatic heterocycles. The molecule has 33 heavy (non-hydrogen) atoms. The van der Waals surface area contributed by atoms with E-state index < -0.39 is 10.0 Å². The van der Waals surface area contributed by atoms with Crippen molar-refractivity contribution >= 4 is 27.4 Å². The van der Waals surface area contributed by atoms with Gasteiger partial charge in [-0.05, 0) is 67.3 Å². The summed E-state index contributed by atoms with van der Waals surface area (Å²) in [6, 6.07) is 12.5. The molecule has 0 bridgehead atoms. The first-order valence-corrected chi connectivity index (χ1v) is 12.2. The van der Waals surface area contributed by atoms with Crippen LogP contribution >= 0.6 is 0 Å². The minimum absolute atomic E-state index is 0.185. The van der Waals surface area contributed by atoms with Crippen LogP contribution in [0.15, 0.2) is 65.8 Å². The van der Waals surface area contributed by atoms with E-state index in [9.17, 15) is 18.0 Å². The molecule has 0 saturated carbocycles. The van der Waals surface area contributed by atoms with Gasteiger partial charge in [0.25, 0.3) is 5.91 Å². The molecule has 0 aliphatic carbocycles. The molecule has 1 N–H and O–H groups in total. The predicted molar refractivity (Wildman–Crippen MR) is 125 cm³/mol. The molecule has 3 aromatic rings. The molecular weight excluding hydrogens is 440 g/mol. The molecule has 172 valence electrons. The van der Waals surface area contributed by atoms with Crippen LogP contribution in [0.25, 0.3) is 0 Å². The van der Waals surface area contributed by atoms with Gasteiger partial charge in [-0.1, -0.05) is 6.92 Å². The number of anilines is 1. The average molecular weight is 467 g/mol. The monoisotopic (exact) mass is 466 g/mol. The summed E-state index contributed by atoms with van der Waals surface area (Å²) in [5, 5.41) is 2.77. The summed E-state index contributed by atoms with van der Waals surface area (Å²) in [6.07, 6.45) is 5.15. The predicted octanol–water partition coefficient (Wildman–Crippen LogP) is 3.32. The molecule has 4 rings (SSSR count). The zero-order valence-corrected chi connectivity index (χ0v) is 19.4. The molecule has 1 aliphatic rings. The highest BCUT2D eigenvalue weighted by atomic mass is 32.2. The third-order valence-electron chi connectivity index (χ3n) is 5.80. The molecule has 8 nitrogen and oxygen atoms in total. The van der Waals surface area contributed by atoms with Crippen LogP contribution in [0.4, 0.5) is 5.69 Å². The second-order valence-electron chi connectivity index (χ2n) is 8.36. The van der Waals surface area contributed by atoms with E-state index in [0.29, 0.717) is 41.6 Å². The van der Waals surface area contributed by atoms with Gasteiger partial charge in [-0.3, -0.25) is 9.59 Å². The first-order chi connectivity index (χ1) is 15.8. The van der Waals surface area contributed by atoms with Crippen molar-refractivity contribution in [2.24, 2.45) is 13.0 Å². The molecule has 1 amide bonds. The molecule has 0 unspecified atom stereocenters. The molecule has 1 saturated heterocycles. The quantitative estimate of drug-likeness (QED) is 0.562. The minimum atomic E-state index is -3.57. The number of ketones is 1. The summed E-state index contributed by atoms with van der Waals surface area (Å²) in [5.74, 6) is 0.0961. The summed E-state index contributed by atoms with van der Waals surface area (Å²) in [7, 11) is -1.82. The van der Waals surface area contributed by atoms with Gasteiger partial charge in [-0.2, -0.15) is 4.31 Å². The molecule has 0 spiro atoms. The Balaban J connectivity index is 1.42. The molecule has 2 aromatic carbocycles. The van der Waals surface area contributed by atoms with Gasteiger partial charge in [0.15, 0.2) is 5.82 Å². The molecule has 9 heteroatoms. The minimum Gasteiger partial charge on any atom is -0.331 e. The third-order valence-corrected chi connectivity index (χ3v) is 7.68. The summed E-state index contributed by atoms with van der Waals surface area (Å²) in [4.78, 5) is 29.4. The van der Waals surface area contributed by atoms with E-state index in [-0.39, 0.29) is 16.6 Å². The van der Waals surface area contributed by atoms with Crippen molar-refractivity contribution in [2.75, 3.05) is 18.4 Å². The first-order valence-electron chi connectivity index (χ1n) is 10.8. The fraction of sp³-hybridized carbons (Fsp3) is 0.292. The lowest BCUT2D eigenvalue weighted by Crippen LogP contribution is -2.39. The van der Waals surface area contributed by atoms with E-state index in [0.717, 1.165) is 12.8 Å². The van der Waals surface area contributed by atoms with Crippen LogP contribution < -0.4 is 5.32 Å². The van der Waals surface area contributed by atoms with Crippen molar-refractivity contribution in [1.82, 2.24) is 13.9 Å². The van der Waals surface area contributed by atoms with Gasteiger partial charge in [0.1, 0.15) is 0 Å². The normalized spacial score (nSPS) is 17.0. The van der Waals surface area contributed by atoms with Crippen molar-refractivity contribution in [2.45, 2.75) is 24.7 Å². The van der Waals surface area contributed by atoms with Crippen LogP contribution in [0.1, 0.15) is 46.3 Å². The average Bonchev–Trinajstić information content (AvgIpc) is 3.25. The molecule has 0 radical (unpaired) electrons. The van der Waals surface area contributed by atoms with E-state index in [2.05, 4.69) is 17.2 Å². The number of rotatable bonds is 6. The maximum absolute atomic E-state index is 12.9. The van der Waals surface area contributed by atoms with Crippen LogP contribution in [-0.4, -0.2) is 47.1 Å². The zero-order chi connectivity index (χ0) is 23.6. The number of hydrogen-bond donors (Lipinski definition) is 1. The summed E-state index contributed by atoms with van der Waals surface area (Å²) in [6.45, 7) is 3.09. The maximum atomic E-state index is 12.9. The van der Waals surface area contributed by atoms with E-state index in [1.54, 1.807) is 48.3 Å². The van der Waals surface area contributed by atoms with E-state index in [4.69, 9.17) is 0 Å². The molecule has 1 atom stereocenters. The number of aryl methyl sites for hydroxylation is 1. The Hall–Kier alpha value is -3.30. The van der Waals surface area contributed by atoms with Gasteiger partial charge in [0.05, 0.1) is 4.90 Å². The largest absolute Gasteiger partial charge is 0.331 e. The maximum Gasteiger partial charge on any atom is 0.255 e. The van der Waals surface area contributed by atoms with Crippen LogP contribution in [0.3, 0.4) is 0 Å². The van der Waals surface area contributed by atoms with Crippen LogP contribution in [0, 0.1) is 5.92 Å². The Morgan fingerprint density at radius 1 is 1.03 bits per heavy atom. The highest BCUT2D eigenvalue weighted by Gasteiger charge is 2.28. The van der Waals surface area contributed by atoms with Gasteiger partial charge in [0.2, 0.25) is 15.8 Å². The summed E-state index contributed by atoms with van der Waals surface area (Å²) in [5.41, 5.74) is 1.33. The number of sulfonamides is 1. The number of imidazole rings is 1. The molecule has 1 aromatic heterocycles. The Labute approximate surface area is 193 Å². The Bertz CT molecular complexity index is 1260. The smallest absolute Gasteiger partial charge is 0.255 e. The SMILES string of the molecule is C[C@H]1CCCN(S(=O)(=O)c2ccc(C(=O)Nc3ccc(C(=O)c4nccn4C)cc3)cc2)C1. The number of carbonyl (C=O) groups excluding carboxylic acids is 2. The van der Waals surface area contributed by atoms with E-state index in [1.807, 2.05) is 0 Å². The van der Waals surface area contributed by atoms with E-state index >= 15 is 0 Å². The van der Waals surface area contributed by atoms with Crippen LogP contribution in [0.2, 0.25) is 0 Å². The Morgan fingerprint density at radius 2 is 1.70 bits per heavy atom. The van der Waals surface area contributed by atoms with Crippen LogP contribution in [0.5, 0.6) is 0 Å². The second kappa shape index (κ2) is 9.29. The standard InChI is InChI=1S/C24H26N4O4S/c1-17-4-3-14-28(16-17)33(31,32)21-11-7-19(8-12-21)24(30)26-20-9-5-18(6-10-20)22(29)23-25-13-15-27(23)2/h5-13,15,17H,3-4,14,16H2,1-2H3,(H,26,30)/t17-/m0/s1. The number of nitrogens with zero attached hydrogens (tertiary/aromatic N) is 3. The topological polar surface area (TPSA) is 101 Å². The highest BCUT2D eigenvalue weighted by Crippen LogP contribution is 2.24. The zero-order valence-electron chi connectivity index (χ0n) is 18.6. The second-order valence-corrected chi connectivity index (χ2v) is 10.3. The molecule has 2 heterocycles. The summed E-state index contributed by atoms with van der Waals surface area (Å²) >= 11 is 0. The van der Waals surface area contributed by atoms with Gasteiger partial charge in [-0.15, -0.1) is 0 Å². The van der Waals surface area contributed by atoms with Crippen molar-refractivity contribution in [3.8, 4) is 0 Å². The van der Waals surface area contributed by atoms with Gasteiger partial charge < -0.3 is 9.88 Å². The van der Waals surface area contributed by atoms with Crippen molar-refractivity contribution in [3.05, 3.63) is 77.9 Å². The number of amides is 1.